The van der Waals surface area contributed by atoms with Crippen LogP contribution in [0.2, 0.25) is 0 Å². The Morgan fingerprint density at radius 3 is 2.50 bits per heavy atom. The van der Waals surface area contributed by atoms with Crippen molar-refractivity contribution in [2.75, 3.05) is 13.2 Å². The van der Waals surface area contributed by atoms with Gasteiger partial charge in [-0.2, -0.15) is 0 Å². The fourth-order valence-corrected chi connectivity index (χ4v) is 3.04. The molecule has 2 aromatic rings. The summed E-state index contributed by atoms with van der Waals surface area (Å²) in [5.74, 6) is 0.914. The van der Waals surface area contributed by atoms with Gasteiger partial charge in [-0.1, -0.05) is 6.07 Å². The highest BCUT2D eigenvalue weighted by atomic mass is 32.1. The molecular weight excluding hydrogens is 322 g/mol. The number of carbonyl (C=O) groups is 2. The minimum absolute atomic E-state index is 0.0394. The lowest BCUT2D eigenvalue weighted by Gasteiger charge is -2.20. The van der Waals surface area contributed by atoms with Crippen molar-refractivity contribution < 1.29 is 14.3 Å². The molecule has 128 valence electrons. The highest BCUT2D eigenvalue weighted by molar-refractivity contribution is 7.09. The Morgan fingerprint density at radius 2 is 1.92 bits per heavy atom. The first kappa shape index (κ1) is 18.2. The molecule has 0 bridgehead atoms. The summed E-state index contributed by atoms with van der Waals surface area (Å²) in [6.07, 6.45) is 1.15. The van der Waals surface area contributed by atoms with Crippen molar-refractivity contribution in [2.45, 2.75) is 33.2 Å². The lowest BCUT2D eigenvalue weighted by molar-refractivity contribution is -0.131. The molecule has 24 heavy (non-hydrogen) atoms. The molecule has 2 rings (SSSR count). The fraction of sp³-hybridized carbons (Fsp3) is 0.368. The number of rotatable bonds is 9. The van der Waals surface area contributed by atoms with E-state index in [0.29, 0.717) is 38.1 Å². The number of Topliss-reactive ketones (excluding diaryl/α,β-unsaturated/α-hetero) is 1. The summed E-state index contributed by atoms with van der Waals surface area (Å²) >= 11 is 1.67. The van der Waals surface area contributed by atoms with Crippen LogP contribution < -0.4 is 4.74 Å². The first-order valence-electron chi connectivity index (χ1n) is 8.14. The highest BCUT2D eigenvalue weighted by Gasteiger charge is 2.12. The number of benzene rings is 1. The van der Waals surface area contributed by atoms with Gasteiger partial charge in [-0.3, -0.25) is 9.59 Å². The number of thiophene rings is 1. The predicted octanol–water partition coefficient (Wildman–Crippen LogP) is 4.16. The fourth-order valence-electron chi connectivity index (χ4n) is 2.32. The zero-order valence-corrected chi connectivity index (χ0v) is 15.0. The van der Waals surface area contributed by atoms with Gasteiger partial charge >= 0.3 is 0 Å². The van der Waals surface area contributed by atoms with Crippen LogP contribution in [0.1, 0.15) is 41.9 Å². The number of amides is 1. The van der Waals surface area contributed by atoms with Gasteiger partial charge in [0, 0.05) is 23.4 Å². The molecule has 0 N–H and O–H groups in total. The summed E-state index contributed by atoms with van der Waals surface area (Å²) in [6.45, 7) is 5.42. The molecule has 0 fully saturated rings. The maximum atomic E-state index is 12.3. The predicted molar refractivity (Wildman–Crippen MR) is 96.6 cm³/mol. The molecule has 0 aliphatic rings. The summed E-state index contributed by atoms with van der Waals surface area (Å²) in [6, 6.07) is 11.1. The van der Waals surface area contributed by atoms with Crippen molar-refractivity contribution in [3.8, 4) is 5.75 Å². The first-order chi connectivity index (χ1) is 11.6. The SMILES string of the molecule is CCN(Cc1cccs1)C(=O)CCCOc1ccc(C(C)=O)cc1. The molecule has 0 aliphatic carbocycles. The molecule has 0 aliphatic heterocycles. The van der Waals surface area contributed by atoms with Crippen LogP contribution in [0.25, 0.3) is 0 Å². The third kappa shape index (κ3) is 5.49. The van der Waals surface area contributed by atoms with Crippen molar-refractivity contribution in [2.24, 2.45) is 0 Å². The second-order valence-corrected chi connectivity index (χ2v) is 6.55. The number of carbonyl (C=O) groups excluding carboxylic acids is 2. The summed E-state index contributed by atoms with van der Waals surface area (Å²) in [5.41, 5.74) is 0.671. The van der Waals surface area contributed by atoms with E-state index in [1.807, 2.05) is 23.3 Å². The van der Waals surface area contributed by atoms with Crippen LogP contribution in [0.3, 0.4) is 0 Å². The monoisotopic (exact) mass is 345 g/mol. The van der Waals surface area contributed by atoms with E-state index < -0.39 is 0 Å². The Balaban J connectivity index is 1.72. The van der Waals surface area contributed by atoms with Crippen molar-refractivity contribution in [3.05, 3.63) is 52.2 Å². The Kier molecular flexibility index (Phi) is 7.00. The molecule has 0 radical (unpaired) electrons. The van der Waals surface area contributed by atoms with Crippen LogP contribution in [0, 0.1) is 0 Å². The third-order valence-electron chi connectivity index (χ3n) is 3.73. The maximum Gasteiger partial charge on any atom is 0.223 e. The maximum absolute atomic E-state index is 12.3. The van der Waals surface area contributed by atoms with E-state index in [-0.39, 0.29) is 11.7 Å². The molecule has 1 aromatic heterocycles. The molecular formula is C19H23NO3S. The van der Waals surface area contributed by atoms with E-state index >= 15 is 0 Å². The third-order valence-corrected chi connectivity index (χ3v) is 4.59. The van der Waals surface area contributed by atoms with Gasteiger partial charge in [-0.25, -0.2) is 0 Å². The van der Waals surface area contributed by atoms with Gasteiger partial charge in [0.1, 0.15) is 5.75 Å². The van der Waals surface area contributed by atoms with Crippen molar-refractivity contribution in [3.63, 3.8) is 0 Å². The summed E-state index contributed by atoms with van der Waals surface area (Å²) < 4.78 is 5.63. The molecule has 0 saturated carbocycles. The lowest BCUT2D eigenvalue weighted by atomic mass is 10.1. The van der Waals surface area contributed by atoms with Gasteiger partial charge in [-0.15, -0.1) is 11.3 Å². The number of ether oxygens (including phenoxy) is 1. The number of ketones is 1. The number of nitrogens with zero attached hydrogens (tertiary/aromatic N) is 1. The summed E-state index contributed by atoms with van der Waals surface area (Å²) in [5, 5.41) is 2.03. The van der Waals surface area contributed by atoms with Crippen molar-refractivity contribution in [1.29, 1.82) is 0 Å². The van der Waals surface area contributed by atoms with Gasteiger partial charge < -0.3 is 9.64 Å². The van der Waals surface area contributed by atoms with E-state index in [9.17, 15) is 9.59 Å². The van der Waals surface area contributed by atoms with E-state index in [2.05, 4.69) is 6.07 Å². The second-order valence-electron chi connectivity index (χ2n) is 5.52. The van der Waals surface area contributed by atoms with Crippen molar-refractivity contribution >= 4 is 23.0 Å². The van der Waals surface area contributed by atoms with Gasteiger partial charge in [0.2, 0.25) is 5.91 Å². The van der Waals surface area contributed by atoms with Gasteiger partial charge in [0.15, 0.2) is 5.78 Å². The quantitative estimate of drug-likeness (QED) is 0.506. The molecule has 0 spiro atoms. The minimum Gasteiger partial charge on any atom is -0.494 e. The molecule has 0 atom stereocenters. The molecule has 1 amide bonds. The zero-order valence-electron chi connectivity index (χ0n) is 14.2. The largest absolute Gasteiger partial charge is 0.494 e. The highest BCUT2D eigenvalue weighted by Crippen LogP contribution is 2.15. The Bertz CT molecular complexity index is 650. The van der Waals surface area contributed by atoms with Crippen LogP contribution in [0.5, 0.6) is 5.75 Å². The molecule has 5 heteroatoms. The van der Waals surface area contributed by atoms with E-state index in [0.717, 1.165) is 5.75 Å². The van der Waals surface area contributed by atoms with E-state index in [1.54, 1.807) is 35.6 Å². The first-order valence-corrected chi connectivity index (χ1v) is 9.02. The molecule has 1 aromatic carbocycles. The normalized spacial score (nSPS) is 10.4. The standard InChI is InChI=1S/C19H23NO3S/c1-3-20(14-18-6-5-13-24-18)19(22)7-4-12-23-17-10-8-16(9-11-17)15(2)21/h5-6,8-11,13H,3-4,7,12,14H2,1-2H3. The van der Waals surface area contributed by atoms with E-state index in [4.69, 9.17) is 4.74 Å². The zero-order chi connectivity index (χ0) is 17.4. The van der Waals surface area contributed by atoms with Crippen LogP contribution in [0.15, 0.2) is 41.8 Å². The van der Waals surface area contributed by atoms with Crippen LogP contribution in [0.4, 0.5) is 0 Å². The van der Waals surface area contributed by atoms with Crippen LogP contribution >= 0.6 is 11.3 Å². The van der Waals surface area contributed by atoms with Gasteiger partial charge in [0.05, 0.1) is 13.2 Å². The van der Waals surface area contributed by atoms with Crippen LogP contribution in [-0.2, 0) is 11.3 Å². The summed E-state index contributed by atoms with van der Waals surface area (Å²) in [7, 11) is 0. The average molecular weight is 345 g/mol. The molecule has 4 nitrogen and oxygen atoms in total. The van der Waals surface area contributed by atoms with Gasteiger partial charge in [0.25, 0.3) is 0 Å². The molecule has 0 unspecified atom stereocenters. The van der Waals surface area contributed by atoms with E-state index in [1.165, 1.54) is 11.8 Å². The number of hydrogen-bond acceptors (Lipinski definition) is 4. The molecule has 0 saturated heterocycles. The Labute approximate surface area is 147 Å². The lowest BCUT2D eigenvalue weighted by Crippen LogP contribution is -2.30. The van der Waals surface area contributed by atoms with Crippen molar-refractivity contribution in [1.82, 2.24) is 4.90 Å². The average Bonchev–Trinajstić information content (AvgIpc) is 3.10. The number of hydrogen-bond donors (Lipinski definition) is 0. The smallest absolute Gasteiger partial charge is 0.223 e. The Hall–Kier alpha value is -2.14. The van der Waals surface area contributed by atoms with Crippen LogP contribution in [-0.4, -0.2) is 29.7 Å². The summed E-state index contributed by atoms with van der Waals surface area (Å²) in [4.78, 5) is 26.6. The topological polar surface area (TPSA) is 46.6 Å². The minimum atomic E-state index is 0.0394. The van der Waals surface area contributed by atoms with Gasteiger partial charge in [-0.05, 0) is 56.0 Å². The molecule has 1 heterocycles. The Morgan fingerprint density at radius 1 is 1.17 bits per heavy atom. The second kappa shape index (κ2) is 9.23.